The van der Waals surface area contributed by atoms with Gasteiger partial charge in [-0.15, -0.1) is 0 Å². The van der Waals surface area contributed by atoms with Gasteiger partial charge >= 0.3 is 5.97 Å². The smallest absolute Gasteiger partial charge is 0.374 e. The first-order valence-electron chi connectivity index (χ1n) is 17.1. The second kappa shape index (κ2) is 15.5. The van der Waals surface area contributed by atoms with E-state index in [-0.39, 0.29) is 54.9 Å². The number of benzene rings is 1. The zero-order valence-electron chi connectivity index (χ0n) is 26.6. The molecule has 3 atom stereocenters. The van der Waals surface area contributed by atoms with Crippen LogP contribution in [0.4, 0.5) is 4.39 Å². The first-order valence-corrected chi connectivity index (χ1v) is 17.1. The monoisotopic (exact) mass is 611 g/mol. The minimum atomic E-state index is -0.515. The maximum atomic E-state index is 14.1. The van der Waals surface area contributed by atoms with Gasteiger partial charge in [-0.05, 0) is 86.5 Å². The van der Waals surface area contributed by atoms with Crippen molar-refractivity contribution in [1.29, 1.82) is 0 Å². The topological polar surface area (TPSA) is 86.0 Å². The van der Waals surface area contributed by atoms with E-state index in [1.807, 2.05) is 30.9 Å². The lowest BCUT2D eigenvalue weighted by Crippen LogP contribution is -2.48. The molecule has 0 spiro atoms. The first-order chi connectivity index (χ1) is 21.4. The molecular weight excluding hydrogens is 561 g/mol. The highest BCUT2D eigenvalue weighted by molar-refractivity contribution is 5.94. The number of amides is 1. The highest BCUT2D eigenvalue weighted by Gasteiger charge is 2.46. The Balaban J connectivity index is 1.27. The van der Waals surface area contributed by atoms with Gasteiger partial charge in [-0.3, -0.25) is 14.0 Å². The fraction of sp³-hybridized carbons (Fsp3) is 0.694. The summed E-state index contributed by atoms with van der Waals surface area (Å²) in [5, 5.41) is 0.749. The molecular formula is C36H50FNO6. The van der Waals surface area contributed by atoms with Crippen molar-refractivity contribution in [1.82, 2.24) is 4.90 Å². The molecule has 44 heavy (non-hydrogen) atoms. The Morgan fingerprint density at radius 2 is 1.77 bits per heavy atom. The number of furan rings is 1. The van der Waals surface area contributed by atoms with Crippen molar-refractivity contribution in [3.63, 3.8) is 0 Å². The average Bonchev–Trinajstić information content (AvgIpc) is 3.69. The van der Waals surface area contributed by atoms with Gasteiger partial charge in [0.25, 0.3) is 0 Å². The molecule has 2 aliphatic carbocycles. The van der Waals surface area contributed by atoms with Crippen molar-refractivity contribution in [2.75, 3.05) is 33.0 Å². The summed E-state index contributed by atoms with van der Waals surface area (Å²) in [5.74, 6) is 0.855. The summed E-state index contributed by atoms with van der Waals surface area (Å²) in [5.41, 5.74) is 1.42. The van der Waals surface area contributed by atoms with Crippen LogP contribution in [0, 0.1) is 29.6 Å². The van der Waals surface area contributed by atoms with E-state index in [0.717, 1.165) is 55.9 Å². The maximum absolute atomic E-state index is 14.1. The molecule has 0 unspecified atom stereocenters. The van der Waals surface area contributed by atoms with Crippen LogP contribution in [0.2, 0.25) is 0 Å². The molecule has 1 amide bonds. The SMILES string of the molecule is CCOCCCOC(=O)c1cc2cc(CC(=O)[C@@H]3[C@H](C4CCCCC4)CCN3C(=O)C3CCC([C@H](C)CF)CC3)ccc2o1. The number of hydrogen-bond acceptors (Lipinski definition) is 6. The first kappa shape index (κ1) is 32.6. The van der Waals surface area contributed by atoms with Crippen LogP contribution in [0.1, 0.15) is 101 Å². The predicted molar refractivity (Wildman–Crippen MR) is 167 cm³/mol. The third kappa shape index (κ3) is 7.72. The Labute approximate surface area is 261 Å². The van der Waals surface area contributed by atoms with Crippen molar-refractivity contribution in [3.8, 4) is 0 Å². The van der Waals surface area contributed by atoms with Gasteiger partial charge in [0, 0.05) is 43.9 Å². The van der Waals surface area contributed by atoms with Crippen LogP contribution in [0.15, 0.2) is 28.7 Å². The zero-order chi connectivity index (χ0) is 31.1. The van der Waals surface area contributed by atoms with Gasteiger partial charge in [0.05, 0.1) is 19.3 Å². The number of Topliss-reactive ketones (excluding diaryl/α,β-unsaturated/α-hetero) is 1. The lowest BCUT2D eigenvalue weighted by atomic mass is 9.74. The van der Waals surface area contributed by atoms with Crippen LogP contribution in [0.3, 0.4) is 0 Å². The number of carbonyl (C=O) groups excluding carboxylic acids is 3. The molecule has 7 nitrogen and oxygen atoms in total. The fourth-order valence-corrected chi connectivity index (χ4v) is 7.98. The molecule has 242 valence electrons. The van der Waals surface area contributed by atoms with Crippen molar-refractivity contribution in [2.45, 2.75) is 96.9 Å². The number of ether oxygens (including phenoxy) is 2. The van der Waals surface area contributed by atoms with Crippen LogP contribution in [0.25, 0.3) is 11.0 Å². The molecule has 0 bridgehead atoms. The van der Waals surface area contributed by atoms with Crippen molar-refractivity contribution >= 4 is 28.6 Å². The van der Waals surface area contributed by atoms with Crippen LogP contribution >= 0.6 is 0 Å². The number of hydrogen-bond donors (Lipinski definition) is 0. The Hall–Kier alpha value is -2.74. The summed E-state index contributed by atoms with van der Waals surface area (Å²) in [6.07, 6.45) is 11.0. The molecule has 8 heteroatoms. The molecule has 0 N–H and O–H groups in total. The summed E-state index contributed by atoms with van der Waals surface area (Å²) in [4.78, 5) is 42.5. The minimum Gasteiger partial charge on any atom is -0.460 e. The van der Waals surface area contributed by atoms with Gasteiger partial charge in [0.15, 0.2) is 5.78 Å². The van der Waals surface area contributed by atoms with E-state index in [4.69, 9.17) is 13.9 Å². The lowest BCUT2D eigenvalue weighted by Gasteiger charge is -2.37. The van der Waals surface area contributed by atoms with Gasteiger partial charge in [-0.2, -0.15) is 0 Å². The summed E-state index contributed by atoms with van der Waals surface area (Å²) in [6, 6.07) is 6.87. The molecule has 1 saturated heterocycles. The van der Waals surface area contributed by atoms with E-state index in [0.29, 0.717) is 43.6 Å². The molecule has 3 aliphatic rings. The van der Waals surface area contributed by atoms with E-state index >= 15 is 0 Å². The van der Waals surface area contributed by atoms with Crippen LogP contribution in [-0.2, 0) is 25.5 Å². The van der Waals surface area contributed by atoms with Gasteiger partial charge in [0.1, 0.15) is 5.58 Å². The van der Waals surface area contributed by atoms with Gasteiger partial charge < -0.3 is 18.8 Å². The second-order valence-electron chi connectivity index (χ2n) is 13.4. The quantitative estimate of drug-likeness (QED) is 0.174. The van der Waals surface area contributed by atoms with E-state index in [1.165, 1.54) is 19.3 Å². The molecule has 5 rings (SSSR count). The molecule has 1 aromatic carbocycles. The molecule has 1 aromatic heterocycles. The van der Waals surface area contributed by atoms with Crippen LogP contribution < -0.4 is 0 Å². The number of fused-ring (bicyclic) bond motifs is 1. The molecule has 2 saturated carbocycles. The summed E-state index contributed by atoms with van der Waals surface area (Å²) in [7, 11) is 0. The third-order valence-corrected chi connectivity index (χ3v) is 10.5. The Bertz CT molecular complexity index is 1260. The van der Waals surface area contributed by atoms with Crippen LogP contribution in [-0.4, -0.2) is 61.6 Å². The molecule has 0 radical (unpaired) electrons. The normalized spacial score (nSPS) is 25.3. The number of nitrogens with zero attached hydrogens (tertiary/aromatic N) is 1. The number of alkyl halides is 1. The molecule has 2 heterocycles. The number of carbonyl (C=O) groups is 3. The van der Waals surface area contributed by atoms with Gasteiger partial charge in [-0.25, -0.2) is 4.79 Å². The fourth-order valence-electron chi connectivity index (χ4n) is 7.98. The van der Waals surface area contributed by atoms with E-state index in [2.05, 4.69) is 0 Å². The highest BCUT2D eigenvalue weighted by atomic mass is 19.1. The predicted octanol–water partition coefficient (Wildman–Crippen LogP) is 7.34. The van der Waals surface area contributed by atoms with Crippen LogP contribution in [0.5, 0.6) is 0 Å². The Morgan fingerprint density at radius 1 is 1.00 bits per heavy atom. The number of halogens is 1. The summed E-state index contributed by atoms with van der Waals surface area (Å²) < 4.78 is 29.6. The average molecular weight is 612 g/mol. The molecule has 3 fully saturated rings. The van der Waals surface area contributed by atoms with Crippen molar-refractivity contribution in [3.05, 3.63) is 35.6 Å². The zero-order valence-corrected chi connectivity index (χ0v) is 26.6. The number of rotatable bonds is 13. The van der Waals surface area contributed by atoms with E-state index < -0.39 is 12.0 Å². The van der Waals surface area contributed by atoms with E-state index in [9.17, 15) is 18.8 Å². The molecule has 1 aliphatic heterocycles. The molecule has 2 aromatic rings. The maximum Gasteiger partial charge on any atom is 0.374 e. The second-order valence-corrected chi connectivity index (χ2v) is 13.4. The van der Waals surface area contributed by atoms with Crippen molar-refractivity contribution in [2.24, 2.45) is 29.6 Å². The van der Waals surface area contributed by atoms with Gasteiger partial charge in [0.2, 0.25) is 11.7 Å². The number of likely N-dealkylation sites (tertiary alicyclic amines) is 1. The third-order valence-electron chi connectivity index (χ3n) is 10.5. The van der Waals surface area contributed by atoms with Crippen molar-refractivity contribution < 1.29 is 32.7 Å². The minimum absolute atomic E-state index is 0.0442. The number of esters is 1. The Kier molecular flexibility index (Phi) is 11.5. The van der Waals surface area contributed by atoms with Gasteiger partial charge in [-0.1, -0.05) is 45.1 Å². The number of ketones is 1. The summed E-state index contributed by atoms with van der Waals surface area (Å²) >= 11 is 0. The highest BCUT2D eigenvalue weighted by Crippen LogP contribution is 2.42. The standard InChI is InChI=1S/C36H50FNO6/c1-3-42-18-7-19-43-36(41)33-22-29-20-25(10-15-32(29)44-33)21-31(39)34-30(27-8-5-4-6-9-27)16-17-38(34)35(40)28-13-11-26(12-14-28)24(2)23-37/h10,15,20,22,24,26-28,30,34H,3-9,11-14,16-19,21,23H2,1-2H3/t24-,26?,28?,30+,34+/m1/s1. The Morgan fingerprint density at radius 3 is 2.50 bits per heavy atom. The lowest BCUT2D eigenvalue weighted by molar-refractivity contribution is -0.143. The summed E-state index contributed by atoms with van der Waals surface area (Å²) in [6.45, 7) is 5.65. The van der Waals surface area contributed by atoms with E-state index in [1.54, 1.807) is 12.1 Å². The largest absolute Gasteiger partial charge is 0.460 e.